The van der Waals surface area contributed by atoms with Crippen molar-refractivity contribution in [2.75, 3.05) is 12.4 Å². The predicted octanol–water partition coefficient (Wildman–Crippen LogP) is 4.84. The van der Waals surface area contributed by atoms with Crippen molar-refractivity contribution in [3.8, 4) is 5.75 Å². The number of nitrogens with one attached hydrogen (secondary N) is 1. The van der Waals surface area contributed by atoms with Gasteiger partial charge in [-0.15, -0.1) is 0 Å². The van der Waals surface area contributed by atoms with E-state index < -0.39 is 0 Å². The number of benzene rings is 1. The maximum Gasteiger partial charge on any atom is 0.142 e. The topological polar surface area (TPSA) is 21.3 Å². The van der Waals surface area contributed by atoms with Crippen LogP contribution in [0.5, 0.6) is 5.75 Å². The Morgan fingerprint density at radius 1 is 1.28 bits per heavy atom. The SMILES string of the molecule is CCC1CCC(Nc2cc(Br)ccc2OC)CC1. The summed E-state index contributed by atoms with van der Waals surface area (Å²) in [7, 11) is 1.72. The third kappa shape index (κ3) is 3.41. The van der Waals surface area contributed by atoms with Crippen LogP contribution in [0.1, 0.15) is 39.0 Å². The zero-order chi connectivity index (χ0) is 13.0. The molecular formula is C15H22BrNO. The molecule has 100 valence electrons. The highest BCUT2D eigenvalue weighted by Gasteiger charge is 2.20. The Morgan fingerprint density at radius 3 is 2.61 bits per heavy atom. The van der Waals surface area contributed by atoms with Crippen molar-refractivity contribution in [2.45, 2.75) is 45.1 Å². The van der Waals surface area contributed by atoms with Crippen LogP contribution in [0.4, 0.5) is 5.69 Å². The average molecular weight is 312 g/mol. The molecule has 0 heterocycles. The molecule has 0 aromatic heterocycles. The minimum atomic E-state index is 0.594. The molecule has 1 fully saturated rings. The van der Waals surface area contributed by atoms with E-state index in [0.717, 1.165) is 21.8 Å². The molecule has 1 aromatic carbocycles. The molecule has 1 N–H and O–H groups in total. The second-order valence-corrected chi connectivity index (χ2v) is 6.03. The number of rotatable bonds is 4. The molecule has 0 spiro atoms. The first kappa shape index (κ1) is 13.7. The van der Waals surface area contributed by atoms with E-state index in [0.29, 0.717) is 6.04 Å². The summed E-state index contributed by atoms with van der Waals surface area (Å²) in [6.07, 6.45) is 6.57. The van der Waals surface area contributed by atoms with E-state index in [-0.39, 0.29) is 0 Å². The molecule has 0 unspecified atom stereocenters. The first-order valence-corrected chi connectivity index (χ1v) is 7.62. The van der Waals surface area contributed by atoms with Crippen LogP contribution in [0.25, 0.3) is 0 Å². The van der Waals surface area contributed by atoms with Crippen LogP contribution in [0, 0.1) is 5.92 Å². The van der Waals surface area contributed by atoms with E-state index in [1.807, 2.05) is 12.1 Å². The summed E-state index contributed by atoms with van der Waals surface area (Å²) in [5, 5.41) is 3.63. The zero-order valence-electron chi connectivity index (χ0n) is 11.2. The van der Waals surface area contributed by atoms with Crippen LogP contribution in [-0.2, 0) is 0 Å². The second kappa shape index (κ2) is 6.46. The average Bonchev–Trinajstić information content (AvgIpc) is 2.40. The summed E-state index contributed by atoms with van der Waals surface area (Å²) in [5.41, 5.74) is 1.10. The van der Waals surface area contributed by atoms with Gasteiger partial charge >= 0.3 is 0 Å². The van der Waals surface area contributed by atoms with Crippen molar-refractivity contribution in [2.24, 2.45) is 5.92 Å². The van der Waals surface area contributed by atoms with Gasteiger partial charge in [-0.1, -0.05) is 29.3 Å². The Balaban J connectivity index is 1.99. The molecule has 2 rings (SSSR count). The fourth-order valence-electron chi connectivity index (χ4n) is 2.73. The Bertz CT molecular complexity index is 386. The molecule has 0 bridgehead atoms. The highest BCUT2D eigenvalue weighted by Crippen LogP contribution is 2.33. The van der Waals surface area contributed by atoms with Crippen LogP contribution >= 0.6 is 15.9 Å². The molecule has 3 heteroatoms. The van der Waals surface area contributed by atoms with Crippen molar-refractivity contribution >= 4 is 21.6 Å². The van der Waals surface area contributed by atoms with Gasteiger partial charge in [-0.25, -0.2) is 0 Å². The first-order chi connectivity index (χ1) is 8.72. The maximum atomic E-state index is 5.40. The third-order valence-corrected chi connectivity index (χ3v) is 4.44. The van der Waals surface area contributed by atoms with E-state index >= 15 is 0 Å². The molecule has 2 nitrogen and oxygen atoms in total. The van der Waals surface area contributed by atoms with Gasteiger partial charge < -0.3 is 10.1 Å². The van der Waals surface area contributed by atoms with Crippen molar-refractivity contribution < 1.29 is 4.74 Å². The largest absolute Gasteiger partial charge is 0.495 e. The number of hydrogen-bond donors (Lipinski definition) is 1. The molecule has 1 aliphatic rings. The Morgan fingerprint density at radius 2 is 2.00 bits per heavy atom. The Hall–Kier alpha value is -0.700. The van der Waals surface area contributed by atoms with Crippen molar-refractivity contribution in [3.05, 3.63) is 22.7 Å². The molecule has 1 aromatic rings. The summed E-state index contributed by atoms with van der Waals surface area (Å²) in [6, 6.07) is 6.71. The van der Waals surface area contributed by atoms with Gasteiger partial charge in [0.25, 0.3) is 0 Å². The van der Waals surface area contributed by atoms with Gasteiger partial charge in [0, 0.05) is 10.5 Å². The third-order valence-electron chi connectivity index (χ3n) is 3.95. The quantitative estimate of drug-likeness (QED) is 0.859. The lowest BCUT2D eigenvalue weighted by molar-refractivity contribution is 0.329. The molecule has 0 amide bonds. The molecule has 0 atom stereocenters. The number of hydrogen-bond acceptors (Lipinski definition) is 2. The maximum absolute atomic E-state index is 5.40. The van der Waals surface area contributed by atoms with Gasteiger partial charge in [-0.3, -0.25) is 0 Å². The van der Waals surface area contributed by atoms with Crippen LogP contribution in [0.3, 0.4) is 0 Å². The fourth-order valence-corrected chi connectivity index (χ4v) is 3.09. The van der Waals surface area contributed by atoms with Crippen molar-refractivity contribution in [1.82, 2.24) is 0 Å². The van der Waals surface area contributed by atoms with Gasteiger partial charge in [-0.2, -0.15) is 0 Å². The van der Waals surface area contributed by atoms with Gasteiger partial charge in [0.1, 0.15) is 5.75 Å². The minimum absolute atomic E-state index is 0.594. The van der Waals surface area contributed by atoms with Crippen molar-refractivity contribution in [3.63, 3.8) is 0 Å². The molecule has 0 saturated heterocycles. The van der Waals surface area contributed by atoms with Crippen LogP contribution in [0.2, 0.25) is 0 Å². The number of ether oxygens (including phenoxy) is 1. The minimum Gasteiger partial charge on any atom is -0.495 e. The van der Waals surface area contributed by atoms with Crippen LogP contribution in [0.15, 0.2) is 22.7 Å². The lowest BCUT2D eigenvalue weighted by Gasteiger charge is -2.29. The van der Waals surface area contributed by atoms with Gasteiger partial charge in [0.05, 0.1) is 12.8 Å². The van der Waals surface area contributed by atoms with Gasteiger partial charge in [0.15, 0.2) is 0 Å². The van der Waals surface area contributed by atoms with E-state index in [2.05, 4.69) is 34.2 Å². The highest BCUT2D eigenvalue weighted by atomic mass is 79.9. The lowest BCUT2D eigenvalue weighted by Crippen LogP contribution is -2.26. The summed E-state index contributed by atoms with van der Waals surface area (Å²) < 4.78 is 6.49. The summed E-state index contributed by atoms with van der Waals surface area (Å²) >= 11 is 3.52. The number of anilines is 1. The van der Waals surface area contributed by atoms with Crippen molar-refractivity contribution in [1.29, 1.82) is 0 Å². The smallest absolute Gasteiger partial charge is 0.142 e. The summed E-state index contributed by atoms with van der Waals surface area (Å²) in [5.74, 6) is 1.86. The molecular weight excluding hydrogens is 290 g/mol. The van der Waals surface area contributed by atoms with Crippen LogP contribution < -0.4 is 10.1 Å². The lowest BCUT2D eigenvalue weighted by atomic mass is 9.84. The Kier molecular flexibility index (Phi) is 4.93. The summed E-state index contributed by atoms with van der Waals surface area (Å²) in [4.78, 5) is 0. The second-order valence-electron chi connectivity index (χ2n) is 5.11. The number of methoxy groups -OCH3 is 1. The standard InChI is InChI=1S/C15H22BrNO/c1-3-11-4-7-13(8-5-11)17-14-10-12(16)6-9-15(14)18-2/h6,9-11,13,17H,3-5,7-8H2,1-2H3. The Labute approximate surface area is 118 Å². The predicted molar refractivity (Wildman–Crippen MR) is 80.4 cm³/mol. The molecule has 1 aliphatic carbocycles. The molecule has 1 saturated carbocycles. The highest BCUT2D eigenvalue weighted by molar-refractivity contribution is 9.10. The normalized spacial score (nSPS) is 23.7. The molecule has 18 heavy (non-hydrogen) atoms. The van der Waals surface area contributed by atoms with E-state index in [1.54, 1.807) is 7.11 Å². The van der Waals surface area contributed by atoms with E-state index in [1.165, 1.54) is 32.1 Å². The fraction of sp³-hybridized carbons (Fsp3) is 0.600. The molecule has 0 radical (unpaired) electrons. The van der Waals surface area contributed by atoms with E-state index in [9.17, 15) is 0 Å². The summed E-state index contributed by atoms with van der Waals surface area (Å²) in [6.45, 7) is 2.30. The first-order valence-electron chi connectivity index (χ1n) is 6.83. The van der Waals surface area contributed by atoms with E-state index in [4.69, 9.17) is 4.74 Å². The number of halogens is 1. The van der Waals surface area contributed by atoms with Crippen LogP contribution in [-0.4, -0.2) is 13.2 Å². The van der Waals surface area contributed by atoms with Gasteiger partial charge in [0.2, 0.25) is 0 Å². The monoisotopic (exact) mass is 311 g/mol. The van der Waals surface area contributed by atoms with Gasteiger partial charge in [-0.05, 0) is 49.8 Å². The molecule has 0 aliphatic heterocycles. The zero-order valence-corrected chi connectivity index (χ0v) is 12.8.